The van der Waals surface area contributed by atoms with Crippen LogP contribution in [0.5, 0.6) is 5.75 Å². The number of carbonyl (C=O) groups is 3. The van der Waals surface area contributed by atoms with Gasteiger partial charge in [0.05, 0.1) is 12.7 Å². The van der Waals surface area contributed by atoms with Gasteiger partial charge in [0.2, 0.25) is 5.91 Å². The van der Waals surface area contributed by atoms with Gasteiger partial charge in [-0.2, -0.15) is 0 Å². The van der Waals surface area contributed by atoms with Gasteiger partial charge >= 0.3 is 0 Å². The highest BCUT2D eigenvalue weighted by Crippen LogP contribution is 2.21. The lowest BCUT2D eigenvalue weighted by atomic mass is 10.1. The van der Waals surface area contributed by atoms with Crippen molar-refractivity contribution in [3.63, 3.8) is 0 Å². The maximum absolute atomic E-state index is 14.6. The molecule has 0 atom stereocenters. The first-order chi connectivity index (χ1) is 14.6. The number of nitrogens with zero attached hydrogens (tertiary/aromatic N) is 1. The Labute approximate surface area is 180 Å². The molecule has 3 N–H and O–H groups in total. The van der Waals surface area contributed by atoms with Crippen molar-refractivity contribution in [2.45, 2.75) is 32.9 Å². The number of nitrogens with one attached hydrogen (secondary N) is 2. The first-order valence-electron chi connectivity index (χ1n) is 9.52. The molecule has 8 nitrogen and oxygen atoms in total. The number of amides is 3. The van der Waals surface area contributed by atoms with Gasteiger partial charge in [-0.25, -0.2) is 9.87 Å². The lowest BCUT2D eigenvalue weighted by Gasteiger charge is -2.26. The number of rotatable bonds is 7. The summed E-state index contributed by atoms with van der Waals surface area (Å²) in [6, 6.07) is 10.1. The lowest BCUT2D eigenvalue weighted by Crippen LogP contribution is -2.47. The zero-order chi connectivity index (χ0) is 23.2. The minimum atomic E-state index is -0.864. The number of halogens is 1. The summed E-state index contributed by atoms with van der Waals surface area (Å²) in [5, 5.41) is 11.5. The van der Waals surface area contributed by atoms with Crippen LogP contribution >= 0.6 is 0 Å². The van der Waals surface area contributed by atoms with E-state index in [1.165, 1.54) is 29.6 Å². The van der Waals surface area contributed by atoms with Crippen molar-refractivity contribution in [1.29, 1.82) is 0 Å². The van der Waals surface area contributed by atoms with Crippen LogP contribution in [0.25, 0.3) is 0 Å². The van der Waals surface area contributed by atoms with E-state index in [9.17, 15) is 18.8 Å². The SMILES string of the molecule is COc1ccccc1C(=O)N(CC(=O)NC(C)(C)C)Cc1ccc(C(=O)NO)cc1F. The molecular weight excluding hydrogens is 405 g/mol. The predicted octanol–water partition coefficient (Wildman–Crippen LogP) is 2.51. The van der Waals surface area contributed by atoms with Gasteiger partial charge in [-0.1, -0.05) is 18.2 Å². The molecule has 9 heteroatoms. The summed E-state index contributed by atoms with van der Waals surface area (Å²) in [5.74, 6) is -2.22. The van der Waals surface area contributed by atoms with E-state index < -0.39 is 29.1 Å². The predicted molar refractivity (Wildman–Crippen MR) is 111 cm³/mol. The number of carbonyl (C=O) groups excluding carboxylic acids is 3. The number of hydrogen-bond acceptors (Lipinski definition) is 5. The third-order valence-corrected chi connectivity index (χ3v) is 4.25. The summed E-state index contributed by atoms with van der Waals surface area (Å²) in [7, 11) is 1.42. The van der Waals surface area contributed by atoms with Gasteiger partial charge in [-0.05, 0) is 45.0 Å². The Morgan fingerprint density at radius 3 is 2.39 bits per heavy atom. The largest absolute Gasteiger partial charge is 0.496 e. The van der Waals surface area contributed by atoms with Crippen LogP contribution in [0.4, 0.5) is 4.39 Å². The van der Waals surface area contributed by atoms with Gasteiger partial charge in [0.15, 0.2) is 0 Å². The molecule has 0 saturated heterocycles. The fourth-order valence-electron chi connectivity index (χ4n) is 2.91. The zero-order valence-electron chi connectivity index (χ0n) is 17.9. The van der Waals surface area contributed by atoms with Gasteiger partial charge in [-0.15, -0.1) is 0 Å². The molecule has 0 fully saturated rings. The van der Waals surface area contributed by atoms with Gasteiger partial charge < -0.3 is 15.0 Å². The van der Waals surface area contributed by atoms with Crippen molar-refractivity contribution in [2.75, 3.05) is 13.7 Å². The molecule has 0 bridgehead atoms. The van der Waals surface area contributed by atoms with Crippen molar-refractivity contribution in [3.05, 3.63) is 65.0 Å². The number of benzene rings is 2. The Morgan fingerprint density at radius 1 is 1.13 bits per heavy atom. The standard InChI is InChI=1S/C22H26FN3O5/c1-22(2,3)24-19(27)13-26(21(29)16-7-5-6-8-18(16)31-4)12-15-10-9-14(11-17(15)23)20(28)25-30/h5-11,30H,12-13H2,1-4H3,(H,24,27)(H,25,28). The van der Waals surface area contributed by atoms with Gasteiger partial charge in [0.1, 0.15) is 18.1 Å². The number of ether oxygens (including phenoxy) is 1. The molecule has 0 radical (unpaired) electrons. The first kappa shape index (κ1) is 23.8. The lowest BCUT2D eigenvalue weighted by molar-refractivity contribution is -0.123. The molecule has 0 unspecified atom stereocenters. The summed E-state index contributed by atoms with van der Waals surface area (Å²) in [4.78, 5) is 38.4. The summed E-state index contributed by atoms with van der Waals surface area (Å²) in [5.41, 5.74) is 1.16. The Morgan fingerprint density at radius 2 is 1.81 bits per heavy atom. The second-order valence-electron chi connectivity index (χ2n) is 7.91. The van der Waals surface area contributed by atoms with E-state index >= 15 is 0 Å². The van der Waals surface area contributed by atoms with Gasteiger partial charge in [0, 0.05) is 23.2 Å². The smallest absolute Gasteiger partial charge is 0.274 e. The molecule has 0 aliphatic heterocycles. The fraction of sp³-hybridized carbons (Fsp3) is 0.318. The quantitative estimate of drug-likeness (QED) is 0.461. The maximum Gasteiger partial charge on any atom is 0.274 e. The minimum Gasteiger partial charge on any atom is -0.496 e. The van der Waals surface area contributed by atoms with E-state index in [2.05, 4.69) is 5.32 Å². The van der Waals surface area contributed by atoms with Crippen molar-refractivity contribution in [1.82, 2.24) is 15.7 Å². The number of hydroxylamine groups is 1. The van der Waals surface area contributed by atoms with Crippen LogP contribution in [-0.2, 0) is 11.3 Å². The average molecular weight is 431 g/mol. The monoisotopic (exact) mass is 431 g/mol. The summed E-state index contributed by atoms with van der Waals surface area (Å²) in [6.07, 6.45) is 0. The van der Waals surface area contributed by atoms with E-state index in [1.54, 1.807) is 24.3 Å². The number of hydrogen-bond donors (Lipinski definition) is 3. The van der Waals surface area contributed by atoms with Crippen molar-refractivity contribution >= 4 is 17.7 Å². The third-order valence-electron chi connectivity index (χ3n) is 4.25. The molecule has 0 heterocycles. The van der Waals surface area contributed by atoms with Crippen LogP contribution < -0.4 is 15.5 Å². The van der Waals surface area contributed by atoms with Crippen molar-refractivity contribution < 1.29 is 28.7 Å². The van der Waals surface area contributed by atoms with E-state index in [1.807, 2.05) is 20.8 Å². The molecule has 0 aromatic heterocycles. The molecule has 166 valence electrons. The molecule has 3 amide bonds. The Bertz CT molecular complexity index is 972. The third kappa shape index (κ3) is 6.51. The number of para-hydroxylation sites is 1. The van der Waals surface area contributed by atoms with E-state index in [-0.39, 0.29) is 29.8 Å². The maximum atomic E-state index is 14.6. The Balaban J connectivity index is 2.37. The molecule has 2 rings (SSSR count). The minimum absolute atomic E-state index is 0.0863. The molecule has 31 heavy (non-hydrogen) atoms. The van der Waals surface area contributed by atoms with E-state index in [0.717, 1.165) is 6.07 Å². The van der Waals surface area contributed by atoms with Crippen LogP contribution in [0.2, 0.25) is 0 Å². The molecule has 0 aliphatic carbocycles. The van der Waals surface area contributed by atoms with Crippen LogP contribution in [0.15, 0.2) is 42.5 Å². The van der Waals surface area contributed by atoms with Crippen molar-refractivity contribution in [3.8, 4) is 5.75 Å². The highest BCUT2D eigenvalue weighted by molar-refractivity contribution is 5.99. The molecule has 0 saturated carbocycles. The van der Waals surface area contributed by atoms with Crippen LogP contribution in [0, 0.1) is 5.82 Å². The first-order valence-corrected chi connectivity index (χ1v) is 9.52. The molecule has 0 spiro atoms. The highest BCUT2D eigenvalue weighted by Gasteiger charge is 2.25. The zero-order valence-corrected chi connectivity index (χ0v) is 17.9. The highest BCUT2D eigenvalue weighted by atomic mass is 19.1. The summed E-state index contributed by atoms with van der Waals surface area (Å²) >= 11 is 0. The topological polar surface area (TPSA) is 108 Å². The molecular formula is C22H26FN3O5. The van der Waals surface area contributed by atoms with Crippen LogP contribution in [0.1, 0.15) is 47.1 Å². The second-order valence-corrected chi connectivity index (χ2v) is 7.91. The van der Waals surface area contributed by atoms with Crippen LogP contribution in [-0.4, -0.2) is 47.0 Å². The second kappa shape index (κ2) is 10.0. The molecule has 2 aromatic carbocycles. The van der Waals surface area contributed by atoms with Crippen molar-refractivity contribution in [2.24, 2.45) is 0 Å². The average Bonchev–Trinajstić information content (AvgIpc) is 2.71. The Hall–Kier alpha value is -3.46. The fourth-order valence-corrected chi connectivity index (χ4v) is 2.91. The van der Waals surface area contributed by atoms with Gasteiger partial charge in [0.25, 0.3) is 11.8 Å². The summed E-state index contributed by atoms with van der Waals surface area (Å²) in [6.45, 7) is 4.89. The molecule has 2 aromatic rings. The molecule has 0 aliphatic rings. The van der Waals surface area contributed by atoms with Gasteiger partial charge in [-0.3, -0.25) is 19.6 Å². The van der Waals surface area contributed by atoms with E-state index in [0.29, 0.717) is 5.75 Å². The van der Waals surface area contributed by atoms with E-state index in [4.69, 9.17) is 9.94 Å². The normalized spacial score (nSPS) is 10.9. The summed E-state index contributed by atoms with van der Waals surface area (Å²) < 4.78 is 19.8. The van der Waals surface area contributed by atoms with Crippen LogP contribution in [0.3, 0.4) is 0 Å². The Kier molecular flexibility index (Phi) is 7.71. The number of methoxy groups -OCH3 is 1.